The second-order valence-electron chi connectivity index (χ2n) is 5.59. The summed E-state index contributed by atoms with van der Waals surface area (Å²) in [5.41, 5.74) is 1.66. The Hall–Kier alpha value is -1.51. The molecule has 0 aliphatic heterocycles. The summed E-state index contributed by atoms with van der Waals surface area (Å²) in [5, 5.41) is 6.41. The molecule has 0 saturated heterocycles. The molecule has 2 N–H and O–H groups in total. The minimum Gasteiger partial charge on any atom is -0.382 e. The smallest absolute Gasteiger partial charge is 0.253 e. The van der Waals surface area contributed by atoms with Gasteiger partial charge in [0.15, 0.2) is 0 Å². The predicted molar refractivity (Wildman–Crippen MR) is 74.9 cm³/mol. The van der Waals surface area contributed by atoms with Crippen LogP contribution < -0.4 is 10.6 Å². The van der Waals surface area contributed by atoms with Crippen molar-refractivity contribution in [1.29, 1.82) is 0 Å². The summed E-state index contributed by atoms with van der Waals surface area (Å²) in [4.78, 5) is 12.2. The molecule has 18 heavy (non-hydrogen) atoms. The number of nitrogens with one attached hydrogen (secondary N) is 2. The lowest BCUT2D eigenvalue weighted by Gasteiger charge is -2.33. The first-order chi connectivity index (χ1) is 8.56. The molecule has 1 aromatic carbocycles. The average molecular weight is 246 g/mol. The van der Waals surface area contributed by atoms with Gasteiger partial charge in [-0.25, -0.2) is 0 Å². The third-order valence-electron chi connectivity index (χ3n) is 3.32. The van der Waals surface area contributed by atoms with Crippen LogP contribution in [0.2, 0.25) is 0 Å². The highest BCUT2D eigenvalue weighted by molar-refractivity contribution is 5.99. The molecule has 2 rings (SSSR count). The van der Waals surface area contributed by atoms with Crippen molar-refractivity contribution in [1.82, 2.24) is 5.32 Å². The molecule has 0 bridgehead atoms. The molecule has 1 aromatic rings. The molecule has 0 radical (unpaired) electrons. The minimum absolute atomic E-state index is 0.0376. The molecule has 0 spiro atoms. The van der Waals surface area contributed by atoms with Gasteiger partial charge in [0.2, 0.25) is 0 Å². The minimum atomic E-state index is 0.0376. The Bertz CT molecular complexity index is 422. The lowest BCUT2D eigenvalue weighted by Crippen LogP contribution is -2.43. The van der Waals surface area contributed by atoms with Crippen LogP contribution in [0.1, 0.15) is 44.0 Å². The topological polar surface area (TPSA) is 41.1 Å². The van der Waals surface area contributed by atoms with Gasteiger partial charge in [0.05, 0.1) is 5.56 Å². The van der Waals surface area contributed by atoms with Crippen molar-refractivity contribution in [3.05, 3.63) is 29.8 Å². The molecule has 1 amide bonds. The average Bonchev–Trinajstić information content (AvgIpc) is 2.26. The van der Waals surface area contributed by atoms with E-state index in [1.54, 1.807) is 0 Å². The van der Waals surface area contributed by atoms with E-state index in [0.717, 1.165) is 30.0 Å². The number of anilines is 1. The maximum absolute atomic E-state index is 12.2. The van der Waals surface area contributed by atoms with Crippen LogP contribution in [-0.4, -0.2) is 18.0 Å². The van der Waals surface area contributed by atoms with Crippen molar-refractivity contribution in [3.63, 3.8) is 0 Å². The molecule has 3 nitrogen and oxygen atoms in total. The molecule has 98 valence electrons. The zero-order valence-corrected chi connectivity index (χ0v) is 11.4. The van der Waals surface area contributed by atoms with Gasteiger partial charge < -0.3 is 10.6 Å². The van der Waals surface area contributed by atoms with Crippen LogP contribution in [0, 0.1) is 5.92 Å². The van der Waals surface area contributed by atoms with E-state index in [-0.39, 0.29) is 5.91 Å². The summed E-state index contributed by atoms with van der Waals surface area (Å²) in [6.07, 6.45) is 2.21. The van der Waals surface area contributed by atoms with Crippen molar-refractivity contribution < 1.29 is 4.79 Å². The van der Waals surface area contributed by atoms with Gasteiger partial charge in [-0.05, 0) is 44.7 Å². The van der Waals surface area contributed by atoms with Crippen LogP contribution in [-0.2, 0) is 0 Å². The van der Waals surface area contributed by atoms with Crippen LogP contribution in [0.25, 0.3) is 0 Å². The predicted octanol–water partition coefficient (Wildman–Crippen LogP) is 3.04. The number of carbonyl (C=O) groups is 1. The van der Waals surface area contributed by atoms with E-state index in [9.17, 15) is 4.79 Å². The van der Waals surface area contributed by atoms with Gasteiger partial charge in [-0.3, -0.25) is 4.79 Å². The third-order valence-corrected chi connectivity index (χ3v) is 3.32. The van der Waals surface area contributed by atoms with Crippen molar-refractivity contribution in [2.45, 2.75) is 45.7 Å². The first-order valence-corrected chi connectivity index (χ1v) is 6.72. The lowest BCUT2D eigenvalue weighted by molar-refractivity contribution is 0.0897. The van der Waals surface area contributed by atoms with Crippen LogP contribution >= 0.6 is 0 Å². The summed E-state index contributed by atoms with van der Waals surface area (Å²) in [5.74, 6) is 0.787. The maximum atomic E-state index is 12.2. The van der Waals surface area contributed by atoms with Gasteiger partial charge in [0, 0.05) is 17.8 Å². The number of benzene rings is 1. The number of hydrogen-bond acceptors (Lipinski definition) is 2. The van der Waals surface area contributed by atoms with E-state index in [0.29, 0.717) is 12.1 Å². The van der Waals surface area contributed by atoms with Crippen molar-refractivity contribution in [3.8, 4) is 0 Å². The molecule has 0 aromatic heterocycles. The quantitative estimate of drug-likeness (QED) is 0.857. The number of hydrogen-bond donors (Lipinski definition) is 2. The molecule has 1 saturated carbocycles. The van der Waals surface area contributed by atoms with E-state index in [1.165, 1.54) is 0 Å². The highest BCUT2D eigenvalue weighted by Gasteiger charge is 2.27. The zero-order chi connectivity index (χ0) is 13.1. The van der Waals surface area contributed by atoms with Crippen LogP contribution in [0.4, 0.5) is 5.69 Å². The highest BCUT2D eigenvalue weighted by Crippen LogP contribution is 2.27. The summed E-state index contributed by atoms with van der Waals surface area (Å²) in [6.45, 7) is 6.36. The van der Waals surface area contributed by atoms with Gasteiger partial charge in [0.1, 0.15) is 0 Å². The normalized spacial score (nSPS) is 22.4. The number of rotatable bonds is 4. The molecule has 1 aliphatic carbocycles. The molecule has 0 unspecified atom stereocenters. The maximum Gasteiger partial charge on any atom is 0.253 e. The van der Waals surface area contributed by atoms with E-state index in [1.807, 2.05) is 24.3 Å². The van der Waals surface area contributed by atoms with Crippen molar-refractivity contribution in [2.24, 2.45) is 5.92 Å². The van der Waals surface area contributed by atoms with Crippen LogP contribution in [0.15, 0.2) is 24.3 Å². The third kappa shape index (κ3) is 3.03. The van der Waals surface area contributed by atoms with Crippen molar-refractivity contribution in [2.75, 3.05) is 5.32 Å². The zero-order valence-electron chi connectivity index (χ0n) is 11.4. The summed E-state index contributed by atoms with van der Waals surface area (Å²) >= 11 is 0. The first-order valence-electron chi connectivity index (χ1n) is 6.72. The van der Waals surface area contributed by atoms with E-state index >= 15 is 0 Å². The number of carbonyl (C=O) groups excluding carboxylic acids is 1. The van der Waals surface area contributed by atoms with Crippen LogP contribution in [0.5, 0.6) is 0 Å². The molecule has 1 aliphatic rings. The summed E-state index contributed by atoms with van der Waals surface area (Å²) < 4.78 is 0. The SMILES string of the molecule is CC1CC(NC(=O)c2ccccc2NC(C)C)C1. The Morgan fingerprint density at radius 3 is 2.56 bits per heavy atom. The van der Waals surface area contributed by atoms with Gasteiger partial charge >= 0.3 is 0 Å². The van der Waals surface area contributed by atoms with Gasteiger partial charge in [0.25, 0.3) is 5.91 Å². The van der Waals surface area contributed by atoms with E-state index in [4.69, 9.17) is 0 Å². The van der Waals surface area contributed by atoms with E-state index < -0.39 is 0 Å². The molecule has 3 heteroatoms. The Morgan fingerprint density at radius 2 is 1.94 bits per heavy atom. The van der Waals surface area contributed by atoms with Gasteiger partial charge in [-0.1, -0.05) is 19.1 Å². The fourth-order valence-corrected chi connectivity index (χ4v) is 2.40. The molecular formula is C15H22N2O. The molecule has 0 heterocycles. The number of para-hydroxylation sites is 1. The Labute approximate surface area is 109 Å². The molecule has 0 atom stereocenters. The largest absolute Gasteiger partial charge is 0.382 e. The van der Waals surface area contributed by atoms with Crippen molar-refractivity contribution >= 4 is 11.6 Å². The van der Waals surface area contributed by atoms with Gasteiger partial charge in [-0.2, -0.15) is 0 Å². The molecular weight excluding hydrogens is 224 g/mol. The Kier molecular flexibility index (Phi) is 3.90. The second kappa shape index (κ2) is 5.42. The first kappa shape index (κ1) is 12.9. The summed E-state index contributed by atoms with van der Waals surface area (Å²) in [7, 11) is 0. The van der Waals surface area contributed by atoms with Gasteiger partial charge in [-0.15, -0.1) is 0 Å². The lowest BCUT2D eigenvalue weighted by atomic mass is 9.82. The fourth-order valence-electron chi connectivity index (χ4n) is 2.40. The highest BCUT2D eigenvalue weighted by atomic mass is 16.1. The summed E-state index contributed by atoms with van der Waals surface area (Å²) in [6, 6.07) is 8.37. The second-order valence-corrected chi connectivity index (χ2v) is 5.59. The molecule has 1 fully saturated rings. The standard InChI is InChI=1S/C15H22N2O/c1-10(2)16-14-7-5-4-6-13(14)15(18)17-12-8-11(3)9-12/h4-7,10-12,16H,8-9H2,1-3H3,(H,17,18). The van der Waals surface area contributed by atoms with Crippen LogP contribution in [0.3, 0.4) is 0 Å². The Morgan fingerprint density at radius 1 is 1.28 bits per heavy atom. The Balaban J connectivity index is 2.04. The number of amides is 1. The van der Waals surface area contributed by atoms with E-state index in [2.05, 4.69) is 31.4 Å². The fraction of sp³-hybridized carbons (Fsp3) is 0.533. The monoisotopic (exact) mass is 246 g/mol.